The van der Waals surface area contributed by atoms with Gasteiger partial charge in [0.15, 0.2) is 0 Å². The van der Waals surface area contributed by atoms with E-state index >= 15 is 0 Å². The average molecular weight is 456 g/mol. The molecule has 0 N–H and O–H groups in total. The molecule has 0 amide bonds. The molecule has 1 atom stereocenters. The number of hydrogen-bond acceptors (Lipinski definition) is 5. The summed E-state index contributed by atoms with van der Waals surface area (Å²) in [5, 5.41) is 0. The fourth-order valence-electron chi connectivity index (χ4n) is 3.94. The van der Waals surface area contributed by atoms with Crippen molar-refractivity contribution in [3.05, 3.63) is 0 Å². The minimum Gasteiger partial charge on any atom is -0.462 e. The van der Waals surface area contributed by atoms with Gasteiger partial charge in [-0.3, -0.25) is 9.59 Å². The summed E-state index contributed by atoms with van der Waals surface area (Å²) in [5.74, 6) is 0.0654. The van der Waals surface area contributed by atoms with Gasteiger partial charge in [0.2, 0.25) is 0 Å². The maximum Gasteiger partial charge on any atom is 0.306 e. The molecule has 1 unspecified atom stereocenters. The van der Waals surface area contributed by atoms with Gasteiger partial charge in [0.25, 0.3) is 0 Å². The minimum atomic E-state index is -0.387. The van der Waals surface area contributed by atoms with Gasteiger partial charge in [-0.2, -0.15) is 0 Å². The Kier molecular flexibility index (Phi) is 21.0. The highest BCUT2D eigenvalue weighted by Gasteiger charge is 2.17. The first-order valence-corrected chi connectivity index (χ1v) is 13.4. The van der Waals surface area contributed by atoms with Crippen molar-refractivity contribution in [3.8, 4) is 0 Å². The van der Waals surface area contributed by atoms with E-state index in [-0.39, 0.29) is 24.6 Å². The van der Waals surface area contributed by atoms with Gasteiger partial charge in [0.05, 0.1) is 0 Å². The fourth-order valence-corrected chi connectivity index (χ4v) is 3.94. The lowest BCUT2D eigenvalue weighted by molar-refractivity contribution is -0.158. The monoisotopic (exact) mass is 455 g/mol. The molecule has 0 saturated heterocycles. The summed E-state index contributed by atoms with van der Waals surface area (Å²) < 4.78 is 10.8. The van der Waals surface area contributed by atoms with E-state index in [1.54, 1.807) is 6.92 Å². The molecule has 5 heteroatoms. The van der Waals surface area contributed by atoms with Gasteiger partial charge in [-0.1, -0.05) is 78.1 Å². The van der Waals surface area contributed by atoms with E-state index in [0.717, 1.165) is 32.2 Å². The highest BCUT2D eigenvalue weighted by atomic mass is 16.6. The lowest BCUT2D eigenvalue weighted by Gasteiger charge is -2.18. The third kappa shape index (κ3) is 20.8. The van der Waals surface area contributed by atoms with Gasteiger partial charge in [0, 0.05) is 12.8 Å². The van der Waals surface area contributed by atoms with Crippen LogP contribution in [0.25, 0.3) is 0 Å². The van der Waals surface area contributed by atoms with Crippen LogP contribution in [0.3, 0.4) is 0 Å². The van der Waals surface area contributed by atoms with E-state index in [2.05, 4.69) is 18.7 Å². The number of esters is 2. The van der Waals surface area contributed by atoms with E-state index in [1.165, 1.54) is 64.2 Å². The fraction of sp³-hybridized carbons (Fsp3) is 0.926. The molecule has 5 nitrogen and oxygen atoms in total. The van der Waals surface area contributed by atoms with Crippen LogP contribution in [-0.4, -0.2) is 50.2 Å². The molecule has 0 aromatic rings. The predicted octanol–water partition coefficient (Wildman–Crippen LogP) is 6.92. The topological polar surface area (TPSA) is 55.8 Å². The minimum absolute atomic E-state index is 0.147. The van der Waals surface area contributed by atoms with Crippen LogP contribution < -0.4 is 0 Å². The van der Waals surface area contributed by atoms with Crippen molar-refractivity contribution >= 4 is 11.9 Å². The Bertz CT molecular complexity index is 439. The first kappa shape index (κ1) is 30.9. The summed E-state index contributed by atoms with van der Waals surface area (Å²) >= 11 is 0. The molecule has 0 heterocycles. The molecule has 0 aliphatic heterocycles. The Hall–Kier alpha value is -1.10. The van der Waals surface area contributed by atoms with E-state index in [9.17, 15) is 9.59 Å². The first-order chi connectivity index (χ1) is 15.4. The summed E-state index contributed by atoms with van der Waals surface area (Å²) in [4.78, 5) is 26.5. The van der Waals surface area contributed by atoms with Crippen LogP contribution in [0.15, 0.2) is 0 Å². The van der Waals surface area contributed by atoms with E-state index in [0.29, 0.717) is 18.8 Å². The highest BCUT2D eigenvalue weighted by Crippen LogP contribution is 2.22. The number of ether oxygens (including phenoxy) is 2. The molecule has 0 fully saturated rings. The highest BCUT2D eigenvalue weighted by molar-refractivity contribution is 5.70. The summed E-state index contributed by atoms with van der Waals surface area (Å²) in [6, 6.07) is 0. The van der Waals surface area contributed by atoms with Crippen molar-refractivity contribution < 1.29 is 19.1 Å². The molecule has 0 rings (SSSR count). The molecule has 0 spiro atoms. The summed E-state index contributed by atoms with van der Waals surface area (Å²) in [6.07, 6.45) is 17.2. The van der Waals surface area contributed by atoms with Gasteiger partial charge in [-0.05, 0) is 59.2 Å². The van der Waals surface area contributed by atoms with Crippen LogP contribution in [0, 0.1) is 5.92 Å². The molecule has 0 aromatic carbocycles. The molecular formula is C27H53NO4. The van der Waals surface area contributed by atoms with E-state index in [4.69, 9.17) is 9.47 Å². The first-order valence-electron chi connectivity index (χ1n) is 13.4. The van der Waals surface area contributed by atoms with E-state index < -0.39 is 0 Å². The molecule has 32 heavy (non-hydrogen) atoms. The molecule has 0 aliphatic rings. The quantitative estimate of drug-likeness (QED) is 0.131. The van der Waals surface area contributed by atoms with Crippen LogP contribution in [-0.2, 0) is 19.1 Å². The molecule has 0 saturated carbocycles. The van der Waals surface area contributed by atoms with Crippen molar-refractivity contribution in [2.45, 2.75) is 130 Å². The molecule has 0 radical (unpaired) electrons. The number of hydrogen-bond donors (Lipinski definition) is 0. The Morgan fingerprint density at radius 3 is 1.84 bits per heavy atom. The number of unbranched alkanes of at least 4 members (excludes halogenated alkanes) is 9. The zero-order valence-electron chi connectivity index (χ0n) is 22.0. The standard InChI is InChI=1S/C27H53NO4/c1-6-8-10-12-14-18-25(19-15-13-11-9-7-2)22-27(30)31-23-24(3)32-26(29)20-16-17-21-28(4)5/h24-25H,6-23H2,1-5H3. The Morgan fingerprint density at radius 2 is 1.31 bits per heavy atom. The average Bonchev–Trinajstić information content (AvgIpc) is 2.74. The Labute approximate surface area is 199 Å². The SMILES string of the molecule is CCCCCCCC(CCCCCCC)CC(=O)OCC(C)OC(=O)CCCCN(C)C. The third-order valence-electron chi connectivity index (χ3n) is 5.94. The Balaban J connectivity index is 4.18. The third-order valence-corrected chi connectivity index (χ3v) is 5.94. The predicted molar refractivity (Wildman–Crippen MR) is 134 cm³/mol. The maximum atomic E-state index is 12.4. The van der Waals surface area contributed by atoms with Crippen LogP contribution in [0.5, 0.6) is 0 Å². The van der Waals surface area contributed by atoms with Crippen LogP contribution in [0.4, 0.5) is 0 Å². The Morgan fingerprint density at radius 1 is 0.750 bits per heavy atom. The van der Waals surface area contributed by atoms with Gasteiger partial charge in [-0.15, -0.1) is 0 Å². The summed E-state index contributed by atoms with van der Waals surface area (Å²) in [5.41, 5.74) is 0. The van der Waals surface area contributed by atoms with Gasteiger partial charge >= 0.3 is 11.9 Å². The zero-order valence-corrected chi connectivity index (χ0v) is 22.0. The zero-order chi connectivity index (χ0) is 24.0. The molecule has 0 bridgehead atoms. The van der Waals surface area contributed by atoms with Gasteiger partial charge < -0.3 is 14.4 Å². The van der Waals surface area contributed by atoms with Gasteiger partial charge in [0.1, 0.15) is 12.7 Å². The maximum absolute atomic E-state index is 12.4. The second-order valence-corrected chi connectivity index (χ2v) is 9.72. The number of nitrogens with zero attached hydrogens (tertiary/aromatic N) is 1. The number of carbonyl (C=O) groups is 2. The smallest absolute Gasteiger partial charge is 0.306 e. The van der Waals surface area contributed by atoms with E-state index in [1.807, 2.05) is 14.1 Å². The second kappa shape index (κ2) is 21.7. The van der Waals surface area contributed by atoms with Crippen LogP contribution >= 0.6 is 0 Å². The van der Waals surface area contributed by atoms with Crippen molar-refractivity contribution in [1.82, 2.24) is 4.90 Å². The van der Waals surface area contributed by atoms with Crippen molar-refractivity contribution in [2.75, 3.05) is 27.2 Å². The van der Waals surface area contributed by atoms with Crippen LogP contribution in [0.1, 0.15) is 124 Å². The largest absolute Gasteiger partial charge is 0.462 e. The second-order valence-electron chi connectivity index (χ2n) is 9.72. The van der Waals surface area contributed by atoms with Crippen molar-refractivity contribution in [2.24, 2.45) is 5.92 Å². The summed E-state index contributed by atoms with van der Waals surface area (Å²) in [6.45, 7) is 7.39. The van der Waals surface area contributed by atoms with Crippen molar-refractivity contribution in [1.29, 1.82) is 0 Å². The van der Waals surface area contributed by atoms with Gasteiger partial charge in [-0.25, -0.2) is 0 Å². The normalized spacial score (nSPS) is 12.3. The molecule has 190 valence electrons. The lowest BCUT2D eigenvalue weighted by Crippen LogP contribution is -2.23. The molecule has 0 aliphatic carbocycles. The summed E-state index contributed by atoms with van der Waals surface area (Å²) in [7, 11) is 4.05. The number of carbonyl (C=O) groups excluding carboxylic acids is 2. The number of rotatable bonds is 22. The van der Waals surface area contributed by atoms with Crippen LogP contribution in [0.2, 0.25) is 0 Å². The van der Waals surface area contributed by atoms with Crippen molar-refractivity contribution in [3.63, 3.8) is 0 Å². The molecule has 0 aromatic heterocycles. The molecular weight excluding hydrogens is 402 g/mol. The lowest BCUT2D eigenvalue weighted by atomic mass is 9.91.